The van der Waals surface area contributed by atoms with Gasteiger partial charge in [0.1, 0.15) is 0 Å². The van der Waals surface area contributed by atoms with Crippen molar-refractivity contribution >= 4 is 23.6 Å². The number of carboxylic acids is 1. The van der Waals surface area contributed by atoms with Crippen molar-refractivity contribution in [3.63, 3.8) is 0 Å². The molecular weight excluding hydrogens is 292 g/mol. The Morgan fingerprint density at radius 3 is 2.71 bits per heavy atom. The molecule has 21 heavy (non-hydrogen) atoms. The van der Waals surface area contributed by atoms with Crippen molar-refractivity contribution in [1.82, 2.24) is 10.2 Å². The second-order valence-electron chi connectivity index (χ2n) is 5.30. The molecule has 1 aliphatic rings. The fraction of sp³-hybridized carbons (Fsp3) is 0.467. The molecule has 1 aliphatic heterocycles. The average molecular weight is 311 g/mol. The molecule has 0 atom stereocenters. The monoisotopic (exact) mass is 310 g/mol. The van der Waals surface area contributed by atoms with Crippen molar-refractivity contribution in [2.24, 2.45) is 5.92 Å². The molecule has 2 N–H and O–H groups in total. The number of hydrogen-bond acceptors (Lipinski definition) is 2. The Morgan fingerprint density at radius 1 is 1.33 bits per heavy atom. The number of halogens is 1. The first kappa shape index (κ1) is 15.6. The number of aliphatic carboxylic acids is 1. The maximum Gasteiger partial charge on any atom is 0.317 e. The predicted molar refractivity (Wildman–Crippen MR) is 80.5 cm³/mol. The van der Waals surface area contributed by atoms with E-state index in [1.165, 1.54) is 0 Å². The van der Waals surface area contributed by atoms with E-state index in [0.717, 1.165) is 30.1 Å². The third-order valence-electron chi connectivity index (χ3n) is 3.55. The molecule has 0 spiro atoms. The fourth-order valence-corrected chi connectivity index (χ4v) is 2.60. The first-order valence-corrected chi connectivity index (χ1v) is 7.42. The lowest BCUT2D eigenvalue weighted by molar-refractivity contribution is -0.137. The van der Waals surface area contributed by atoms with Gasteiger partial charge in [-0.2, -0.15) is 0 Å². The van der Waals surface area contributed by atoms with Crippen molar-refractivity contribution in [3.05, 3.63) is 34.9 Å². The molecule has 5 nitrogen and oxygen atoms in total. The standard InChI is InChI=1S/C15H19ClN2O3/c16-13-5-2-1-4-12(13)8-11-9-18(10-11)15(21)17-7-3-6-14(19)20/h1-2,4-5,11H,3,6-10H2,(H,17,21)(H,19,20). The van der Waals surface area contributed by atoms with Gasteiger partial charge in [0.25, 0.3) is 0 Å². The molecule has 1 aromatic carbocycles. The van der Waals surface area contributed by atoms with Gasteiger partial charge in [0.2, 0.25) is 0 Å². The molecule has 6 heteroatoms. The van der Waals surface area contributed by atoms with Gasteiger partial charge in [-0.1, -0.05) is 29.8 Å². The van der Waals surface area contributed by atoms with E-state index < -0.39 is 5.97 Å². The van der Waals surface area contributed by atoms with Crippen molar-refractivity contribution < 1.29 is 14.7 Å². The number of hydrogen-bond donors (Lipinski definition) is 2. The Labute approximate surface area is 128 Å². The smallest absolute Gasteiger partial charge is 0.317 e. The third-order valence-corrected chi connectivity index (χ3v) is 3.92. The van der Waals surface area contributed by atoms with E-state index in [1.807, 2.05) is 24.3 Å². The highest BCUT2D eigenvalue weighted by molar-refractivity contribution is 6.31. The molecule has 1 fully saturated rings. The van der Waals surface area contributed by atoms with Gasteiger partial charge in [0, 0.05) is 31.1 Å². The van der Waals surface area contributed by atoms with E-state index in [1.54, 1.807) is 4.90 Å². The quantitative estimate of drug-likeness (QED) is 0.793. The zero-order chi connectivity index (χ0) is 15.2. The SMILES string of the molecule is O=C(O)CCCNC(=O)N1CC(Cc2ccccc2Cl)C1. The summed E-state index contributed by atoms with van der Waals surface area (Å²) in [7, 11) is 0. The predicted octanol–water partition coefficient (Wildman–Crippen LogP) is 2.39. The summed E-state index contributed by atoms with van der Waals surface area (Å²) in [5.74, 6) is -0.400. The summed E-state index contributed by atoms with van der Waals surface area (Å²) in [6, 6.07) is 7.64. The Bertz CT molecular complexity index is 515. The van der Waals surface area contributed by atoms with Crippen LogP contribution in [0, 0.1) is 5.92 Å². The van der Waals surface area contributed by atoms with Crippen LogP contribution in [-0.4, -0.2) is 41.6 Å². The van der Waals surface area contributed by atoms with Crippen molar-refractivity contribution in [1.29, 1.82) is 0 Å². The number of urea groups is 1. The van der Waals surface area contributed by atoms with Gasteiger partial charge in [-0.25, -0.2) is 4.79 Å². The Kier molecular flexibility index (Phi) is 5.44. The normalized spacial score (nSPS) is 14.6. The molecule has 0 saturated carbocycles. The number of carbonyl (C=O) groups is 2. The molecule has 1 aromatic rings. The van der Waals surface area contributed by atoms with Crippen LogP contribution in [0.5, 0.6) is 0 Å². The highest BCUT2D eigenvalue weighted by Gasteiger charge is 2.30. The highest BCUT2D eigenvalue weighted by atomic mass is 35.5. The van der Waals surface area contributed by atoms with Gasteiger partial charge in [-0.05, 0) is 30.4 Å². The molecule has 1 heterocycles. The second kappa shape index (κ2) is 7.31. The maximum atomic E-state index is 11.8. The van der Waals surface area contributed by atoms with E-state index in [0.29, 0.717) is 18.9 Å². The zero-order valence-corrected chi connectivity index (χ0v) is 12.5. The minimum atomic E-state index is -0.840. The molecular formula is C15H19ClN2O3. The minimum Gasteiger partial charge on any atom is -0.481 e. The largest absolute Gasteiger partial charge is 0.481 e. The lowest BCUT2D eigenvalue weighted by atomic mass is 9.92. The zero-order valence-electron chi connectivity index (χ0n) is 11.7. The number of carbonyl (C=O) groups excluding carboxylic acids is 1. The molecule has 114 valence electrons. The minimum absolute atomic E-state index is 0.0788. The van der Waals surface area contributed by atoms with E-state index in [4.69, 9.17) is 16.7 Å². The lowest BCUT2D eigenvalue weighted by Crippen LogP contribution is -2.54. The van der Waals surface area contributed by atoms with Crippen LogP contribution in [0.1, 0.15) is 18.4 Å². The van der Waals surface area contributed by atoms with Crippen LogP contribution in [0.25, 0.3) is 0 Å². The van der Waals surface area contributed by atoms with Gasteiger partial charge < -0.3 is 15.3 Å². The summed E-state index contributed by atoms with van der Waals surface area (Å²) in [4.78, 5) is 23.9. The van der Waals surface area contributed by atoms with E-state index >= 15 is 0 Å². The van der Waals surface area contributed by atoms with Gasteiger partial charge in [-0.3, -0.25) is 4.79 Å². The van der Waals surface area contributed by atoms with Crippen LogP contribution in [0.15, 0.2) is 24.3 Å². The number of carboxylic acid groups (broad SMARTS) is 1. The Hall–Kier alpha value is -1.75. The molecule has 1 saturated heterocycles. The van der Waals surface area contributed by atoms with Crippen molar-refractivity contribution in [2.75, 3.05) is 19.6 Å². The maximum absolute atomic E-state index is 11.8. The summed E-state index contributed by atoms with van der Waals surface area (Å²) >= 11 is 6.12. The average Bonchev–Trinajstić information content (AvgIpc) is 2.40. The summed E-state index contributed by atoms with van der Waals surface area (Å²) in [5.41, 5.74) is 1.12. The topological polar surface area (TPSA) is 69.6 Å². The van der Waals surface area contributed by atoms with Crippen LogP contribution < -0.4 is 5.32 Å². The summed E-state index contributed by atoms with van der Waals surface area (Å²) in [5, 5.41) is 12.0. The van der Waals surface area contributed by atoms with Gasteiger partial charge >= 0.3 is 12.0 Å². The van der Waals surface area contributed by atoms with Gasteiger partial charge in [-0.15, -0.1) is 0 Å². The molecule has 0 radical (unpaired) electrons. The molecule has 0 aliphatic carbocycles. The van der Waals surface area contributed by atoms with Gasteiger partial charge in [0.05, 0.1) is 0 Å². The molecule has 0 unspecified atom stereocenters. The summed E-state index contributed by atoms with van der Waals surface area (Å²) in [6.45, 7) is 1.84. The second-order valence-corrected chi connectivity index (χ2v) is 5.70. The number of benzene rings is 1. The molecule has 0 aromatic heterocycles. The Balaban J connectivity index is 1.65. The van der Waals surface area contributed by atoms with Crippen LogP contribution in [0.4, 0.5) is 4.79 Å². The highest BCUT2D eigenvalue weighted by Crippen LogP contribution is 2.24. The van der Waals surface area contributed by atoms with E-state index in [-0.39, 0.29) is 12.5 Å². The van der Waals surface area contributed by atoms with E-state index in [9.17, 15) is 9.59 Å². The fourth-order valence-electron chi connectivity index (χ4n) is 2.39. The number of rotatable bonds is 6. The molecule has 2 amide bonds. The molecule has 0 bridgehead atoms. The van der Waals surface area contributed by atoms with Gasteiger partial charge in [0.15, 0.2) is 0 Å². The number of nitrogens with zero attached hydrogens (tertiary/aromatic N) is 1. The number of nitrogens with one attached hydrogen (secondary N) is 1. The number of amides is 2. The Morgan fingerprint density at radius 2 is 2.05 bits per heavy atom. The lowest BCUT2D eigenvalue weighted by Gasteiger charge is -2.39. The van der Waals surface area contributed by atoms with Crippen LogP contribution >= 0.6 is 11.6 Å². The summed E-state index contributed by atoms with van der Waals surface area (Å²) < 4.78 is 0. The van der Waals surface area contributed by atoms with Crippen molar-refractivity contribution in [2.45, 2.75) is 19.3 Å². The van der Waals surface area contributed by atoms with E-state index in [2.05, 4.69) is 5.32 Å². The van der Waals surface area contributed by atoms with Crippen LogP contribution in [0.2, 0.25) is 5.02 Å². The van der Waals surface area contributed by atoms with Crippen LogP contribution in [-0.2, 0) is 11.2 Å². The van der Waals surface area contributed by atoms with Crippen LogP contribution in [0.3, 0.4) is 0 Å². The molecule has 2 rings (SSSR count). The first-order valence-electron chi connectivity index (χ1n) is 7.04. The number of likely N-dealkylation sites (tertiary alicyclic amines) is 1. The van der Waals surface area contributed by atoms with Crippen molar-refractivity contribution in [3.8, 4) is 0 Å². The third kappa shape index (κ3) is 4.63. The first-order chi connectivity index (χ1) is 10.1. The summed E-state index contributed by atoms with van der Waals surface area (Å²) in [6.07, 6.45) is 1.41.